The van der Waals surface area contributed by atoms with Crippen LogP contribution in [-0.2, 0) is 14.3 Å². The van der Waals surface area contributed by atoms with Crippen molar-refractivity contribution in [3.63, 3.8) is 0 Å². The molecule has 142 valence electrons. The molecule has 0 bridgehead atoms. The Kier molecular flexibility index (Phi) is 7.03. The molecule has 1 aromatic rings. The van der Waals surface area contributed by atoms with Gasteiger partial charge in [0.1, 0.15) is 11.4 Å². The third-order valence-corrected chi connectivity index (χ3v) is 4.30. The molecule has 7 heteroatoms. The maximum absolute atomic E-state index is 12.6. The molecule has 0 atom stereocenters. The summed E-state index contributed by atoms with van der Waals surface area (Å²) in [6.45, 7) is 4.17. The molecule has 0 fully saturated rings. The van der Waals surface area contributed by atoms with Gasteiger partial charge in [-0.15, -0.1) is 0 Å². The zero-order valence-electron chi connectivity index (χ0n) is 15.4. The molecular formula is C19H26N2O5. The van der Waals surface area contributed by atoms with Gasteiger partial charge in [0, 0.05) is 6.54 Å². The van der Waals surface area contributed by atoms with Crippen molar-refractivity contribution in [3.8, 4) is 5.75 Å². The number of hydrogen-bond donors (Lipinski definition) is 2. The van der Waals surface area contributed by atoms with Crippen LogP contribution in [0.4, 0.5) is 5.69 Å². The van der Waals surface area contributed by atoms with Crippen LogP contribution >= 0.6 is 0 Å². The van der Waals surface area contributed by atoms with Crippen LogP contribution in [0.2, 0.25) is 0 Å². The largest absolute Gasteiger partial charge is 0.488 e. The van der Waals surface area contributed by atoms with E-state index in [4.69, 9.17) is 14.6 Å². The number of β-amino-alcohol motifs (C(OH)–C–C–N with tert-alkyl or cyclic N) is 1. The molecule has 1 aliphatic rings. The molecule has 0 aromatic heterocycles. The number of esters is 1. The molecule has 2 rings (SSSR count). The lowest BCUT2D eigenvalue weighted by molar-refractivity contribution is -0.136. The summed E-state index contributed by atoms with van der Waals surface area (Å²) in [5, 5.41) is 12.2. The maximum atomic E-state index is 12.6. The number of aliphatic hydroxyl groups is 1. The minimum atomic E-state index is -0.570. The minimum absolute atomic E-state index is 0.0668. The van der Waals surface area contributed by atoms with E-state index in [1.165, 1.54) is 12.0 Å². The van der Waals surface area contributed by atoms with Crippen LogP contribution in [0, 0.1) is 0 Å². The molecule has 1 heterocycles. The summed E-state index contributed by atoms with van der Waals surface area (Å²) in [7, 11) is 1.27. The highest BCUT2D eigenvalue weighted by Gasteiger charge is 2.34. The summed E-state index contributed by atoms with van der Waals surface area (Å²) < 4.78 is 10.8. The SMILES string of the molecule is CCC(CC)Oc1ccccc1NC1=C(C(=O)OC)CN(CCO)C1=O. The van der Waals surface area contributed by atoms with E-state index in [9.17, 15) is 9.59 Å². The highest BCUT2D eigenvalue weighted by Crippen LogP contribution is 2.30. The third kappa shape index (κ3) is 4.35. The Hall–Kier alpha value is -2.54. The molecule has 0 spiro atoms. The molecule has 1 aromatic carbocycles. The zero-order chi connectivity index (χ0) is 19.1. The molecular weight excluding hydrogens is 336 g/mol. The van der Waals surface area contributed by atoms with E-state index < -0.39 is 5.97 Å². The third-order valence-electron chi connectivity index (χ3n) is 4.30. The van der Waals surface area contributed by atoms with E-state index in [1.54, 1.807) is 6.07 Å². The van der Waals surface area contributed by atoms with Crippen LogP contribution in [-0.4, -0.2) is 54.8 Å². The topological polar surface area (TPSA) is 88.1 Å². The average molecular weight is 362 g/mol. The minimum Gasteiger partial charge on any atom is -0.488 e. The quantitative estimate of drug-likeness (QED) is 0.653. The molecule has 1 amide bonds. The second-order valence-electron chi connectivity index (χ2n) is 5.97. The number of anilines is 1. The number of amides is 1. The van der Waals surface area contributed by atoms with Gasteiger partial charge >= 0.3 is 5.97 Å². The first kappa shape index (κ1) is 19.8. The molecule has 26 heavy (non-hydrogen) atoms. The first-order valence-electron chi connectivity index (χ1n) is 8.79. The Morgan fingerprint density at radius 2 is 2.00 bits per heavy atom. The average Bonchev–Trinajstić information content (AvgIpc) is 2.96. The van der Waals surface area contributed by atoms with E-state index in [-0.39, 0.29) is 43.0 Å². The fourth-order valence-electron chi connectivity index (χ4n) is 2.79. The van der Waals surface area contributed by atoms with Crippen molar-refractivity contribution >= 4 is 17.6 Å². The van der Waals surface area contributed by atoms with Crippen molar-refractivity contribution in [3.05, 3.63) is 35.5 Å². The highest BCUT2D eigenvalue weighted by atomic mass is 16.5. The normalized spacial score (nSPS) is 14.2. The van der Waals surface area contributed by atoms with Gasteiger partial charge in [0.2, 0.25) is 0 Å². The van der Waals surface area contributed by atoms with E-state index in [0.717, 1.165) is 12.8 Å². The maximum Gasteiger partial charge on any atom is 0.337 e. The number of ether oxygens (including phenoxy) is 2. The number of benzene rings is 1. The van der Waals surface area contributed by atoms with Gasteiger partial charge in [-0.05, 0) is 25.0 Å². The highest BCUT2D eigenvalue weighted by molar-refractivity contribution is 6.08. The number of nitrogens with one attached hydrogen (secondary N) is 1. The van der Waals surface area contributed by atoms with Crippen LogP contribution in [0.25, 0.3) is 0 Å². The molecule has 0 radical (unpaired) electrons. The summed E-state index contributed by atoms with van der Waals surface area (Å²) >= 11 is 0. The molecule has 1 aliphatic heterocycles. The Labute approximate surface area is 153 Å². The fraction of sp³-hybridized carbons (Fsp3) is 0.474. The zero-order valence-corrected chi connectivity index (χ0v) is 15.4. The first-order valence-corrected chi connectivity index (χ1v) is 8.79. The van der Waals surface area contributed by atoms with Gasteiger partial charge in [0.15, 0.2) is 0 Å². The lowest BCUT2D eigenvalue weighted by atomic mass is 10.2. The summed E-state index contributed by atoms with van der Waals surface area (Å²) in [5.41, 5.74) is 1.00. The fourth-order valence-corrected chi connectivity index (χ4v) is 2.79. The van der Waals surface area contributed by atoms with E-state index in [2.05, 4.69) is 19.2 Å². The van der Waals surface area contributed by atoms with E-state index in [1.807, 2.05) is 18.2 Å². The van der Waals surface area contributed by atoms with E-state index in [0.29, 0.717) is 11.4 Å². The summed E-state index contributed by atoms with van der Waals surface area (Å²) in [6, 6.07) is 7.30. The van der Waals surface area contributed by atoms with Crippen molar-refractivity contribution in [2.75, 3.05) is 32.1 Å². The Bertz CT molecular complexity index is 682. The van der Waals surface area contributed by atoms with Crippen LogP contribution in [0.3, 0.4) is 0 Å². The van der Waals surface area contributed by atoms with Gasteiger partial charge in [0.05, 0.1) is 37.6 Å². The number of aliphatic hydroxyl groups excluding tert-OH is 1. The molecule has 0 aliphatic carbocycles. The summed E-state index contributed by atoms with van der Waals surface area (Å²) in [4.78, 5) is 26.1. The van der Waals surface area contributed by atoms with Gasteiger partial charge in [0.25, 0.3) is 5.91 Å². The number of carbonyl (C=O) groups is 2. The Balaban J connectivity index is 2.32. The van der Waals surface area contributed by atoms with Crippen LogP contribution < -0.4 is 10.1 Å². The Morgan fingerprint density at radius 3 is 2.62 bits per heavy atom. The van der Waals surface area contributed by atoms with Crippen molar-refractivity contribution in [1.82, 2.24) is 4.90 Å². The predicted molar refractivity (Wildman–Crippen MR) is 97.8 cm³/mol. The van der Waals surface area contributed by atoms with Gasteiger partial charge in [-0.3, -0.25) is 4.79 Å². The molecule has 0 saturated heterocycles. The lowest BCUT2D eigenvalue weighted by Gasteiger charge is -2.20. The van der Waals surface area contributed by atoms with Gasteiger partial charge in [-0.25, -0.2) is 4.79 Å². The Morgan fingerprint density at radius 1 is 1.31 bits per heavy atom. The number of nitrogens with zero attached hydrogens (tertiary/aromatic N) is 1. The van der Waals surface area contributed by atoms with Crippen LogP contribution in [0.15, 0.2) is 35.5 Å². The van der Waals surface area contributed by atoms with Gasteiger partial charge in [-0.2, -0.15) is 0 Å². The molecule has 2 N–H and O–H groups in total. The lowest BCUT2D eigenvalue weighted by Crippen LogP contribution is -2.31. The number of rotatable bonds is 9. The van der Waals surface area contributed by atoms with Crippen molar-refractivity contribution < 1.29 is 24.2 Å². The number of carbonyl (C=O) groups excluding carboxylic acids is 2. The van der Waals surface area contributed by atoms with Crippen LogP contribution in [0.5, 0.6) is 5.75 Å². The second-order valence-corrected chi connectivity index (χ2v) is 5.97. The first-order chi connectivity index (χ1) is 12.5. The monoisotopic (exact) mass is 362 g/mol. The summed E-state index contributed by atoms with van der Waals surface area (Å²) in [6.07, 6.45) is 1.80. The van der Waals surface area contributed by atoms with Gasteiger partial charge < -0.3 is 24.8 Å². The van der Waals surface area contributed by atoms with Crippen molar-refractivity contribution in [2.24, 2.45) is 0 Å². The van der Waals surface area contributed by atoms with Crippen molar-refractivity contribution in [1.29, 1.82) is 0 Å². The predicted octanol–water partition coefficient (Wildman–Crippen LogP) is 1.93. The molecule has 0 unspecified atom stereocenters. The summed E-state index contributed by atoms with van der Waals surface area (Å²) in [5.74, 6) is -0.303. The molecule has 7 nitrogen and oxygen atoms in total. The number of methoxy groups -OCH3 is 1. The smallest absolute Gasteiger partial charge is 0.337 e. The van der Waals surface area contributed by atoms with Gasteiger partial charge in [-0.1, -0.05) is 26.0 Å². The number of hydrogen-bond acceptors (Lipinski definition) is 6. The van der Waals surface area contributed by atoms with E-state index >= 15 is 0 Å². The number of para-hydroxylation sites is 2. The standard InChI is InChI=1S/C19H26N2O5/c1-4-13(5-2)26-16-9-7-6-8-15(16)20-17-14(19(24)25-3)12-21(10-11-22)18(17)23/h6-9,13,20,22H,4-5,10-12H2,1-3H3. The molecule has 0 saturated carbocycles. The second kappa shape index (κ2) is 9.24. The van der Waals surface area contributed by atoms with Crippen LogP contribution in [0.1, 0.15) is 26.7 Å². The van der Waals surface area contributed by atoms with Crippen molar-refractivity contribution in [2.45, 2.75) is 32.8 Å².